The maximum Gasteiger partial charge on any atom is 0.418 e. The summed E-state index contributed by atoms with van der Waals surface area (Å²) in [6.07, 6.45) is 3.19. The number of aromatic nitrogens is 1. The van der Waals surface area contributed by atoms with Gasteiger partial charge in [0.25, 0.3) is 0 Å². The summed E-state index contributed by atoms with van der Waals surface area (Å²) in [4.78, 5) is 11.8. The summed E-state index contributed by atoms with van der Waals surface area (Å²) in [5, 5.41) is 2.02. The molecule has 0 aliphatic heterocycles. The molecule has 90 valence electrons. The van der Waals surface area contributed by atoms with E-state index in [1.54, 1.807) is 12.4 Å². The molecule has 3 nitrogen and oxygen atoms in total. The van der Waals surface area contributed by atoms with E-state index in [2.05, 4.69) is 15.9 Å². The molecule has 1 heterocycles. The molecule has 0 unspecified atom stereocenters. The van der Waals surface area contributed by atoms with Gasteiger partial charge in [-0.1, -0.05) is 22.0 Å². The van der Waals surface area contributed by atoms with Crippen molar-refractivity contribution < 1.29 is 9.53 Å². The van der Waals surface area contributed by atoms with E-state index in [1.807, 2.05) is 39.0 Å². The number of carbonyl (C=O) groups excluding carboxylic acids is 1. The lowest BCUT2D eigenvalue weighted by Gasteiger charge is -2.19. The standard InChI is InChI=1S/C13H14BrNO2/c1-13(2,3)17-12(16)15-7-9-4-5-11(14)6-10(9)8-15/h4-8H,1-3H3. The van der Waals surface area contributed by atoms with Crippen molar-refractivity contribution in [2.24, 2.45) is 0 Å². The van der Waals surface area contributed by atoms with Crippen LogP contribution in [0.15, 0.2) is 35.1 Å². The van der Waals surface area contributed by atoms with Crippen LogP contribution in [0.1, 0.15) is 20.8 Å². The summed E-state index contributed by atoms with van der Waals surface area (Å²) in [6, 6.07) is 5.87. The first kappa shape index (κ1) is 12.2. The molecule has 0 fully saturated rings. The third kappa shape index (κ3) is 2.88. The van der Waals surface area contributed by atoms with Crippen molar-refractivity contribution in [1.29, 1.82) is 0 Å². The molecule has 0 aliphatic carbocycles. The highest BCUT2D eigenvalue weighted by atomic mass is 79.9. The highest BCUT2D eigenvalue weighted by Gasteiger charge is 2.17. The van der Waals surface area contributed by atoms with E-state index in [0.29, 0.717) is 0 Å². The first-order valence-electron chi connectivity index (χ1n) is 5.36. The van der Waals surface area contributed by atoms with Gasteiger partial charge in [-0.2, -0.15) is 0 Å². The number of rotatable bonds is 0. The van der Waals surface area contributed by atoms with Crippen LogP contribution in [0.5, 0.6) is 0 Å². The number of halogens is 1. The summed E-state index contributed by atoms with van der Waals surface area (Å²) in [5.74, 6) is 0. The van der Waals surface area contributed by atoms with Crippen molar-refractivity contribution in [2.75, 3.05) is 0 Å². The third-order valence-corrected chi connectivity index (χ3v) is 2.70. The fourth-order valence-corrected chi connectivity index (χ4v) is 1.91. The minimum Gasteiger partial charge on any atom is -0.443 e. The van der Waals surface area contributed by atoms with E-state index >= 15 is 0 Å². The Morgan fingerprint density at radius 1 is 1.24 bits per heavy atom. The number of carbonyl (C=O) groups is 1. The van der Waals surface area contributed by atoms with E-state index in [-0.39, 0.29) is 6.09 Å². The van der Waals surface area contributed by atoms with E-state index in [1.165, 1.54) is 4.57 Å². The van der Waals surface area contributed by atoms with E-state index in [9.17, 15) is 4.79 Å². The largest absolute Gasteiger partial charge is 0.443 e. The zero-order chi connectivity index (χ0) is 12.6. The second-order valence-electron chi connectivity index (χ2n) is 4.92. The molecular weight excluding hydrogens is 282 g/mol. The van der Waals surface area contributed by atoms with Gasteiger partial charge in [0.2, 0.25) is 0 Å². The van der Waals surface area contributed by atoms with Crippen molar-refractivity contribution in [3.63, 3.8) is 0 Å². The monoisotopic (exact) mass is 295 g/mol. The van der Waals surface area contributed by atoms with Crippen LogP contribution in [0.3, 0.4) is 0 Å². The topological polar surface area (TPSA) is 31.2 Å². The molecule has 1 aromatic carbocycles. The van der Waals surface area contributed by atoms with E-state index in [4.69, 9.17) is 4.74 Å². The summed E-state index contributed by atoms with van der Waals surface area (Å²) in [5.41, 5.74) is -0.478. The van der Waals surface area contributed by atoms with Gasteiger partial charge in [0.05, 0.1) is 0 Å². The Labute approximate surface area is 108 Å². The van der Waals surface area contributed by atoms with Crippen LogP contribution in [0.2, 0.25) is 0 Å². The van der Waals surface area contributed by atoms with Crippen LogP contribution in [0, 0.1) is 0 Å². The zero-order valence-electron chi connectivity index (χ0n) is 10.0. The Balaban J connectivity index is 2.33. The molecule has 0 bridgehead atoms. The zero-order valence-corrected chi connectivity index (χ0v) is 11.6. The summed E-state index contributed by atoms with van der Waals surface area (Å²) >= 11 is 3.40. The number of ether oxygens (including phenoxy) is 1. The number of benzene rings is 1. The Kier molecular flexibility index (Phi) is 3.00. The van der Waals surface area contributed by atoms with E-state index in [0.717, 1.165) is 15.2 Å². The molecule has 0 radical (unpaired) electrons. The minimum atomic E-state index is -0.478. The summed E-state index contributed by atoms with van der Waals surface area (Å²) in [6.45, 7) is 5.56. The van der Waals surface area contributed by atoms with Gasteiger partial charge in [-0.3, -0.25) is 4.57 Å². The molecule has 17 heavy (non-hydrogen) atoms. The van der Waals surface area contributed by atoms with Crippen molar-refractivity contribution in [2.45, 2.75) is 26.4 Å². The molecule has 0 N–H and O–H groups in total. The van der Waals surface area contributed by atoms with Crippen LogP contribution in [-0.4, -0.2) is 16.3 Å². The summed E-state index contributed by atoms with van der Waals surface area (Å²) in [7, 11) is 0. The Morgan fingerprint density at radius 3 is 2.53 bits per heavy atom. The lowest BCUT2D eigenvalue weighted by Crippen LogP contribution is -2.26. The van der Waals surface area contributed by atoms with Gasteiger partial charge in [-0.15, -0.1) is 0 Å². The molecule has 2 aromatic rings. The number of fused-ring (bicyclic) bond motifs is 1. The molecule has 2 rings (SSSR count). The molecule has 0 amide bonds. The van der Waals surface area contributed by atoms with Crippen molar-refractivity contribution in [3.05, 3.63) is 35.1 Å². The second-order valence-corrected chi connectivity index (χ2v) is 5.83. The van der Waals surface area contributed by atoms with Gasteiger partial charge in [0, 0.05) is 27.6 Å². The van der Waals surface area contributed by atoms with Gasteiger partial charge in [-0.05, 0) is 32.9 Å². The van der Waals surface area contributed by atoms with Gasteiger partial charge >= 0.3 is 6.09 Å². The highest BCUT2D eigenvalue weighted by Crippen LogP contribution is 2.21. The maximum absolute atomic E-state index is 11.8. The summed E-state index contributed by atoms with van der Waals surface area (Å²) < 4.78 is 7.76. The smallest absolute Gasteiger partial charge is 0.418 e. The third-order valence-electron chi connectivity index (χ3n) is 2.21. The Morgan fingerprint density at radius 2 is 1.88 bits per heavy atom. The molecule has 0 atom stereocenters. The highest BCUT2D eigenvalue weighted by molar-refractivity contribution is 9.10. The van der Waals surface area contributed by atoms with Crippen LogP contribution < -0.4 is 0 Å². The molecule has 1 aromatic heterocycles. The molecule has 0 spiro atoms. The van der Waals surface area contributed by atoms with Crippen LogP contribution in [0.4, 0.5) is 4.79 Å². The molecule has 4 heteroatoms. The van der Waals surface area contributed by atoms with Gasteiger partial charge in [0.15, 0.2) is 0 Å². The number of nitrogens with zero attached hydrogens (tertiary/aromatic N) is 1. The molecular formula is C13H14BrNO2. The van der Waals surface area contributed by atoms with Gasteiger partial charge < -0.3 is 4.74 Å². The average molecular weight is 296 g/mol. The predicted molar refractivity (Wildman–Crippen MR) is 71.3 cm³/mol. The lowest BCUT2D eigenvalue weighted by atomic mass is 10.2. The van der Waals surface area contributed by atoms with Gasteiger partial charge in [-0.25, -0.2) is 4.79 Å². The molecule has 0 saturated heterocycles. The van der Waals surface area contributed by atoms with Crippen molar-refractivity contribution >= 4 is 32.8 Å². The average Bonchev–Trinajstić information content (AvgIpc) is 2.57. The normalized spacial score (nSPS) is 11.8. The quantitative estimate of drug-likeness (QED) is 0.730. The van der Waals surface area contributed by atoms with Crippen molar-refractivity contribution in [1.82, 2.24) is 4.57 Å². The lowest BCUT2D eigenvalue weighted by molar-refractivity contribution is 0.0538. The second kappa shape index (κ2) is 4.18. The Bertz CT molecular complexity index is 566. The SMILES string of the molecule is CC(C)(C)OC(=O)n1cc2ccc(Br)cc2c1. The van der Waals surface area contributed by atoms with Crippen LogP contribution in [-0.2, 0) is 4.74 Å². The van der Waals surface area contributed by atoms with Crippen LogP contribution in [0.25, 0.3) is 10.8 Å². The minimum absolute atomic E-state index is 0.357. The van der Waals surface area contributed by atoms with E-state index < -0.39 is 5.60 Å². The van der Waals surface area contributed by atoms with Crippen molar-refractivity contribution in [3.8, 4) is 0 Å². The maximum atomic E-state index is 11.8. The first-order chi connectivity index (χ1) is 7.85. The predicted octanol–water partition coefficient (Wildman–Crippen LogP) is 4.19. The number of hydrogen-bond acceptors (Lipinski definition) is 2. The fourth-order valence-electron chi connectivity index (χ4n) is 1.53. The fraction of sp³-hybridized carbons (Fsp3) is 0.308. The first-order valence-corrected chi connectivity index (χ1v) is 6.15. The van der Waals surface area contributed by atoms with Crippen LogP contribution >= 0.6 is 15.9 Å². The molecule has 0 aliphatic rings. The molecule has 0 saturated carbocycles. The number of hydrogen-bond donors (Lipinski definition) is 0. The van der Waals surface area contributed by atoms with Gasteiger partial charge in [0.1, 0.15) is 5.60 Å². The Hall–Kier alpha value is -1.29.